The van der Waals surface area contributed by atoms with E-state index in [0.29, 0.717) is 62.5 Å². The number of allylic oxidation sites excluding steroid dienone is 2. The molecule has 0 aromatic carbocycles. The molecule has 8 rings (SSSR count). The molecule has 18 unspecified atom stereocenters. The highest BCUT2D eigenvalue weighted by Crippen LogP contribution is 2.69. The summed E-state index contributed by atoms with van der Waals surface area (Å²) in [7, 11) is 0. The fraction of sp³-hybridized carbons (Fsp3) is 0.758. The first-order valence-corrected chi connectivity index (χ1v) is 32.4. The molecule has 6 saturated carbocycles. The SMILES string of the molecule is C=C(CNC(=O)C(F)C(F)C(=O)NCC(=C)C(C)(C)CC(C)(Br)C(=O)OCC(=O)C1(O)CCC2C3CCC4=CC(=O)CCC4(C)C3C(O)CC21C)C(C)(C)CC(C)(Br)C(=O)OCC(=O)C1(O)CCC2C3CCC4=CC(=O)CCC4(C)C3C(O)CC21C. The van der Waals surface area contributed by atoms with Crippen molar-refractivity contribution in [3.63, 3.8) is 0 Å². The first kappa shape index (κ1) is 68.1. The van der Waals surface area contributed by atoms with E-state index in [4.69, 9.17) is 9.47 Å². The number of hydrogen-bond acceptors (Lipinski definition) is 14. The Balaban J connectivity index is 0.762. The van der Waals surface area contributed by atoms with Crippen molar-refractivity contribution in [3.8, 4) is 0 Å². The van der Waals surface area contributed by atoms with Gasteiger partial charge >= 0.3 is 11.9 Å². The van der Waals surface area contributed by atoms with Gasteiger partial charge in [-0.1, -0.05) is 123 Å². The highest BCUT2D eigenvalue weighted by molar-refractivity contribution is 9.10. The number of hydrogen-bond donors (Lipinski definition) is 6. The lowest BCUT2D eigenvalue weighted by Crippen LogP contribution is -2.62. The van der Waals surface area contributed by atoms with E-state index in [1.807, 2.05) is 13.8 Å². The molecule has 18 atom stereocenters. The van der Waals surface area contributed by atoms with Crippen molar-refractivity contribution in [2.24, 2.45) is 68.0 Å². The Hall–Kier alpha value is -3.82. The Morgan fingerprint density at radius 2 is 0.942 bits per heavy atom. The van der Waals surface area contributed by atoms with E-state index in [9.17, 15) is 58.8 Å². The molecule has 8 aliphatic rings. The number of alkyl halides is 4. The summed E-state index contributed by atoms with van der Waals surface area (Å²) in [4.78, 5) is 106. The van der Waals surface area contributed by atoms with Gasteiger partial charge in [-0.15, -0.1) is 0 Å². The molecule has 0 saturated heterocycles. The van der Waals surface area contributed by atoms with Gasteiger partial charge in [0.15, 0.2) is 24.8 Å². The van der Waals surface area contributed by atoms with Gasteiger partial charge in [0, 0.05) is 36.8 Å². The minimum Gasteiger partial charge on any atom is -0.457 e. The molecule has 0 radical (unpaired) electrons. The predicted molar refractivity (Wildman–Crippen MR) is 324 cm³/mol. The molecule has 0 spiro atoms. The quantitative estimate of drug-likeness (QED) is 0.0357. The third-order valence-electron chi connectivity index (χ3n) is 23.7. The molecule has 86 heavy (non-hydrogen) atoms. The molecule has 20 heteroatoms. The molecule has 16 nitrogen and oxygen atoms in total. The summed E-state index contributed by atoms with van der Waals surface area (Å²) in [6.45, 7) is 23.7. The van der Waals surface area contributed by atoms with Gasteiger partial charge in [0.2, 0.25) is 23.9 Å². The van der Waals surface area contributed by atoms with Gasteiger partial charge in [-0.25, -0.2) is 8.78 Å². The summed E-state index contributed by atoms with van der Waals surface area (Å²) in [5, 5.41) is 52.5. The molecule has 0 bridgehead atoms. The Labute approximate surface area is 522 Å². The highest BCUT2D eigenvalue weighted by Gasteiger charge is 2.70. The fourth-order valence-corrected chi connectivity index (χ4v) is 20.1. The average molecular weight is 1340 g/mol. The Bertz CT molecular complexity index is 2710. The molecular formula is C66H92Br2F2N2O14. The van der Waals surface area contributed by atoms with E-state index in [2.05, 4.69) is 69.5 Å². The number of ketones is 4. The molecule has 0 heterocycles. The number of esters is 2. The number of amides is 2. The number of nitrogens with one attached hydrogen (secondary N) is 2. The molecule has 6 fully saturated rings. The summed E-state index contributed by atoms with van der Waals surface area (Å²) in [6.07, 6.45) is 2.77. The minimum atomic E-state index is -2.93. The van der Waals surface area contributed by atoms with E-state index in [-0.39, 0.29) is 110 Å². The molecule has 2 amide bonds. The van der Waals surface area contributed by atoms with E-state index in [1.54, 1.807) is 39.8 Å². The lowest BCUT2D eigenvalue weighted by molar-refractivity contribution is -0.184. The van der Waals surface area contributed by atoms with Crippen LogP contribution in [0.5, 0.6) is 0 Å². The van der Waals surface area contributed by atoms with E-state index in [0.717, 1.165) is 24.0 Å². The summed E-state index contributed by atoms with van der Waals surface area (Å²) < 4.78 is 39.1. The van der Waals surface area contributed by atoms with Crippen LogP contribution < -0.4 is 10.6 Å². The van der Waals surface area contributed by atoms with Crippen LogP contribution in [0.15, 0.2) is 47.6 Å². The molecule has 8 aliphatic carbocycles. The molecule has 0 aliphatic heterocycles. The number of Topliss-reactive ketones (excluding diaryl/α,β-unsaturated/α-hetero) is 2. The Morgan fingerprint density at radius 1 is 0.605 bits per heavy atom. The van der Waals surface area contributed by atoms with Crippen molar-refractivity contribution in [3.05, 3.63) is 47.6 Å². The smallest absolute Gasteiger partial charge is 0.323 e. The number of carbonyl (C=O) groups is 8. The second-order valence-electron chi connectivity index (χ2n) is 29.9. The van der Waals surface area contributed by atoms with Crippen molar-refractivity contribution < 1.29 is 77.0 Å². The zero-order valence-electron chi connectivity index (χ0n) is 51.9. The maximum atomic E-state index is 15.4. The Morgan fingerprint density at radius 3 is 1.28 bits per heavy atom. The summed E-state index contributed by atoms with van der Waals surface area (Å²) in [5.74, 6) is -5.95. The van der Waals surface area contributed by atoms with Gasteiger partial charge in [0.25, 0.3) is 11.8 Å². The van der Waals surface area contributed by atoms with Crippen molar-refractivity contribution in [1.29, 1.82) is 0 Å². The van der Waals surface area contributed by atoms with E-state index in [1.165, 1.54) is 13.8 Å². The van der Waals surface area contributed by atoms with Gasteiger partial charge in [0.05, 0.1) is 12.2 Å². The van der Waals surface area contributed by atoms with Crippen LogP contribution >= 0.6 is 31.9 Å². The zero-order chi connectivity index (χ0) is 64.1. The third kappa shape index (κ3) is 11.8. The number of halogens is 4. The monoisotopic (exact) mass is 1330 g/mol. The number of ether oxygens (including phenoxy) is 2. The van der Waals surface area contributed by atoms with Crippen molar-refractivity contribution in [2.45, 2.75) is 216 Å². The van der Waals surface area contributed by atoms with Crippen molar-refractivity contribution in [1.82, 2.24) is 10.6 Å². The number of aliphatic hydroxyl groups excluding tert-OH is 2. The third-order valence-corrected chi connectivity index (χ3v) is 24.9. The van der Waals surface area contributed by atoms with Crippen LogP contribution in [0.2, 0.25) is 0 Å². The van der Waals surface area contributed by atoms with Gasteiger partial charge in [-0.05, 0) is 173 Å². The standard InChI is InChI=1S/C66H92Br2F2N2O14/c1-35(57(3,4)33-63(11,67)55(81)85-31-47(77)65(83)23-19-43-41-15-13-37-25-39(73)17-21-59(37,7)49(41)45(75)27-61(43,65)9)29-71-53(79)51(69)52(70)54(80)72-30-36(2)58(5,6)34-64(12,68)56(82)86-32-48(78)66(84)24-20-44-42-16-14-38-26-40(74)18-22-60(38,8)50(42)46(76)28-62(44,66)10/h25-26,41-46,49-52,75-76,83-84H,1-2,13-24,27-34H2,3-12H3,(H,71,79)(H,72,80). The lowest BCUT2D eigenvalue weighted by Gasteiger charge is -2.60. The predicted octanol–water partition coefficient (Wildman–Crippen LogP) is 8.84. The molecule has 0 aromatic rings. The molecular weight excluding hydrogens is 1240 g/mol. The summed E-state index contributed by atoms with van der Waals surface area (Å²) in [5.41, 5.74) is -5.59. The fourth-order valence-electron chi connectivity index (χ4n) is 18.5. The van der Waals surface area contributed by atoms with Crippen LogP contribution in [-0.2, 0) is 47.8 Å². The second-order valence-corrected chi connectivity index (χ2v) is 33.4. The topological polar surface area (TPSA) is 260 Å². The number of rotatable bonds is 21. The zero-order valence-corrected chi connectivity index (χ0v) is 55.0. The second kappa shape index (κ2) is 23.8. The number of aliphatic hydroxyl groups is 4. The van der Waals surface area contributed by atoms with E-state index < -0.39 is 115 Å². The average Bonchev–Trinajstić information content (AvgIpc) is 1.40. The maximum Gasteiger partial charge on any atom is 0.323 e. The number of fused-ring (bicyclic) bond motifs is 10. The van der Waals surface area contributed by atoms with Gasteiger partial charge < -0.3 is 40.5 Å². The van der Waals surface area contributed by atoms with Crippen LogP contribution in [0.3, 0.4) is 0 Å². The van der Waals surface area contributed by atoms with Crippen LogP contribution in [0, 0.1) is 68.0 Å². The van der Waals surface area contributed by atoms with Crippen molar-refractivity contribution >= 4 is 78.7 Å². The molecule has 6 N–H and O–H groups in total. The largest absolute Gasteiger partial charge is 0.457 e. The maximum absolute atomic E-state index is 15.4. The van der Waals surface area contributed by atoms with Gasteiger partial charge in [-0.3, -0.25) is 38.4 Å². The molecule has 478 valence electrons. The van der Waals surface area contributed by atoms with Crippen molar-refractivity contribution in [2.75, 3.05) is 26.3 Å². The minimum absolute atomic E-state index is 0.00640. The van der Waals surface area contributed by atoms with E-state index >= 15 is 8.78 Å². The lowest BCUT2D eigenvalue weighted by atomic mass is 9.45. The van der Waals surface area contributed by atoms with Crippen LogP contribution in [0.25, 0.3) is 0 Å². The molecule has 0 aromatic heterocycles. The summed E-state index contributed by atoms with van der Waals surface area (Å²) in [6, 6.07) is 0. The Kier molecular flexibility index (Phi) is 18.8. The summed E-state index contributed by atoms with van der Waals surface area (Å²) >= 11 is 6.89. The first-order valence-electron chi connectivity index (χ1n) is 30.8. The normalized spacial score (nSPS) is 37.7. The van der Waals surface area contributed by atoms with Crippen LogP contribution in [0.1, 0.15) is 172 Å². The highest BCUT2D eigenvalue weighted by atomic mass is 79.9. The van der Waals surface area contributed by atoms with Crippen LogP contribution in [-0.4, -0.2) is 138 Å². The first-order chi connectivity index (χ1) is 39.6. The van der Waals surface area contributed by atoms with Gasteiger partial charge in [0.1, 0.15) is 19.9 Å². The number of carbonyl (C=O) groups excluding carboxylic acids is 8. The van der Waals surface area contributed by atoms with Gasteiger partial charge in [-0.2, -0.15) is 0 Å². The van der Waals surface area contributed by atoms with Crippen LogP contribution in [0.4, 0.5) is 8.78 Å².